The van der Waals surface area contributed by atoms with Crippen LogP contribution in [0.4, 0.5) is 5.69 Å². The molecule has 0 aliphatic heterocycles. The Labute approximate surface area is 102 Å². The molecule has 0 saturated heterocycles. The summed E-state index contributed by atoms with van der Waals surface area (Å²) >= 11 is 9.06. The van der Waals surface area contributed by atoms with Crippen LogP contribution in [0.1, 0.15) is 24.5 Å². The maximum atomic E-state index is 10.7. The topological polar surface area (TPSA) is 43.1 Å². The third kappa shape index (κ3) is 2.69. The van der Waals surface area contributed by atoms with Crippen LogP contribution in [-0.4, -0.2) is 4.92 Å². The van der Waals surface area contributed by atoms with Gasteiger partial charge < -0.3 is 0 Å². The van der Waals surface area contributed by atoms with Crippen molar-refractivity contribution in [2.75, 3.05) is 0 Å². The van der Waals surface area contributed by atoms with Gasteiger partial charge in [0.2, 0.25) is 0 Å². The molecule has 0 spiro atoms. The second-order valence-corrected chi connectivity index (χ2v) is 4.24. The number of benzene rings is 1. The molecule has 0 heterocycles. The highest BCUT2D eigenvalue weighted by molar-refractivity contribution is 9.10. The highest BCUT2D eigenvalue weighted by Crippen LogP contribution is 2.32. The Bertz CT molecular complexity index is 382. The summed E-state index contributed by atoms with van der Waals surface area (Å²) in [6, 6.07) is 3.21. The second kappa shape index (κ2) is 5.47. The lowest BCUT2D eigenvalue weighted by Gasteiger charge is -2.08. The molecule has 15 heavy (non-hydrogen) atoms. The molecule has 82 valence electrons. The highest BCUT2D eigenvalue weighted by atomic mass is 79.9. The number of halogens is 2. The van der Waals surface area contributed by atoms with Crippen LogP contribution < -0.4 is 0 Å². The van der Waals surface area contributed by atoms with Gasteiger partial charge >= 0.3 is 0 Å². The summed E-state index contributed by atoms with van der Waals surface area (Å²) in [5.74, 6) is 0.381. The maximum absolute atomic E-state index is 10.7. The zero-order valence-electron chi connectivity index (χ0n) is 8.30. The third-order valence-electron chi connectivity index (χ3n) is 2.16. The van der Waals surface area contributed by atoms with Gasteiger partial charge in [0.05, 0.1) is 9.40 Å². The monoisotopic (exact) mass is 291 g/mol. The van der Waals surface area contributed by atoms with E-state index in [1.54, 1.807) is 6.07 Å². The lowest BCUT2D eigenvalue weighted by molar-refractivity contribution is -0.385. The Kier molecular flexibility index (Phi) is 4.54. The van der Waals surface area contributed by atoms with Crippen molar-refractivity contribution in [3.05, 3.63) is 37.8 Å². The van der Waals surface area contributed by atoms with Crippen molar-refractivity contribution in [3.63, 3.8) is 0 Å². The van der Waals surface area contributed by atoms with Crippen molar-refractivity contribution < 1.29 is 4.92 Å². The molecule has 1 aromatic carbocycles. The predicted octanol–water partition coefficient (Wildman–Crippen LogP) is 4.05. The molecule has 0 saturated carbocycles. The van der Waals surface area contributed by atoms with Crippen LogP contribution in [0.15, 0.2) is 16.6 Å². The van der Waals surface area contributed by atoms with Gasteiger partial charge in [-0.05, 0) is 33.5 Å². The molecule has 0 fully saturated rings. The summed E-state index contributed by atoms with van der Waals surface area (Å²) in [7, 11) is 0. The number of nitrogens with zero attached hydrogens (tertiary/aromatic N) is 1. The molecule has 3 nitrogen and oxygen atoms in total. The lowest BCUT2D eigenvalue weighted by atomic mass is 10.0. The van der Waals surface area contributed by atoms with E-state index in [1.807, 2.05) is 6.92 Å². The molecule has 5 heteroatoms. The van der Waals surface area contributed by atoms with E-state index in [0.29, 0.717) is 10.4 Å². The summed E-state index contributed by atoms with van der Waals surface area (Å²) in [4.78, 5) is 10.3. The molecule has 0 radical (unpaired) electrons. The van der Waals surface area contributed by atoms with Crippen LogP contribution >= 0.6 is 27.5 Å². The average Bonchev–Trinajstić information content (AvgIpc) is 2.20. The van der Waals surface area contributed by atoms with E-state index >= 15 is 0 Å². The van der Waals surface area contributed by atoms with Gasteiger partial charge in [-0.3, -0.25) is 10.1 Å². The molecule has 0 aliphatic carbocycles. The Balaban J connectivity index is 3.28. The van der Waals surface area contributed by atoms with Crippen molar-refractivity contribution >= 4 is 33.2 Å². The van der Waals surface area contributed by atoms with E-state index in [-0.39, 0.29) is 10.6 Å². The van der Waals surface area contributed by atoms with Gasteiger partial charge in [0.25, 0.3) is 5.69 Å². The Hall–Kier alpha value is -0.610. The van der Waals surface area contributed by atoms with E-state index in [2.05, 4.69) is 15.9 Å². The number of nitro benzene ring substituents is 1. The fourth-order valence-corrected chi connectivity index (χ4v) is 2.42. The standard InChI is InChI=1S/C10H11BrClNO2/c1-2-3-8-7(6-12)4-5-9(10(8)11)13(14)15/h4-5H,2-3,6H2,1H3. The van der Waals surface area contributed by atoms with Gasteiger partial charge in [-0.25, -0.2) is 0 Å². The van der Waals surface area contributed by atoms with Crippen molar-refractivity contribution in [1.82, 2.24) is 0 Å². The Morgan fingerprint density at radius 3 is 2.67 bits per heavy atom. The predicted molar refractivity (Wildman–Crippen MR) is 64.3 cm³/mol. The first-order valence-corrected chi connectivity index (χ1v) is 5.95. The van der Waals surface area contributed by atoms with Crippen LogP contribution in [0, 0.1) is 10.1 Å². The van der Waals surface area contributed by atoms with E-state index < -0.39 is 0 Å². The van der Waals surface area contributed by atoms with E-state index in [9.17, 15) is 10.1 Å². The number of hydrogen-bond donors (Lipinski definition) is 0. The zero-order chi connectivity index (χ0) is 11.4. The van der Waals surface area contributed by atoms with Gasteiger partial charge in [0, 0.05) is 11.9 Å². The van der Waals surface area contributed by atoms with E-state index in [0.717, 1.165) is 24.0 Å². The van der Waals surface area contributed by atoms with Crippen molar-refractivity contribution in [2.24, 2.45) is 0 Å². The van der Waals surface area contributed by atoms with Crippen molar-refractivity contribution in [1.29, 1.82) is 0 Å². The summed E-state index contributed by atoms with van der Waals surface area (Å²) in [5, 5.41) is 10.7. The quantitative estimate of drug-likeness (QED) is 0.477. The minimum Gasteiger partial charge on any atom is -0.258 e. The summed E-state index contributed by atoms with van der Waals surface area (Å²) < 4.78 is 0.563. The highest BCUT2D eigenvalue weighted by Gasteiger charge is 2.17. The van der Waals surface area contributed by atoms with Crippen molar-refractivity contribution in [3.8, 4) is 0 Å². The van der Waals surface area contributed by atoms with Crippen LogP contribution in [0.5, 0.6) is 0 Å². The summed E-state index contributed by atoms with van der Waals surface area (Å²) in [6.45, 7) is 2.03. The van der Waals surface area contributed by atoms with Gasteiger partial charge in [-0.15, -0.1) is 11.6 Å². The molecule has 0 aliphatic rings. The number of nitro groups is 1. The van der Waals surface area contributed by atoms with Gasteiger partial charge in [0.15, 0.2) is 0 Å². The first-order chi connectivity index (χ1) is 7.11. The molecule has 1 aromatic rings. The largest absolute Gasteiger partial charge is 0.283 e. The SMILES string of the molecule is CCCc1c(CCl)ccc([N+](=O)[O-])c1Br. The van der Waals surface area contributed by atoms with E-state index in [4.69, 9.17) is 11.6 Å². The summed E-state index contributed by atoms with van der Waals surface area (Å²) in [6.07, 6.45) is 1.73. The van der Waals surface area contributed by atoms with Crippen LogP contribution in [0.3, 0.4) is 0 Å². The van der Waals surface area contributed by atoms with Gasteiger partial charge in [-0.1, -0.05) is 19.4 Å². The third-order valence-corrected chi connectivity index (χ3v) is 3.33. The molecule has 0 N–H and O–H groups in total. The molecular formula is C10H11BrClNO2. The maximum Gasteiger partial charge on any atom is 0.283 e. The minimum absolute atomic E-state index is 0.104. The normalized spacial score (nSPS) is 10.3. The molecule has 0 unspecified atom stereocenters. The zero-order valence-corrected chi connectivity index (χ0v) is 10.6. The van der Waals surface area contributed by atoms with Crippen LogP contribution in [0.2, 0.25) is 0 Å². The first kappa shape index (κ1) is 12.5. The van der Waals surface area contributed by atoms with Gasteiger partial charge in [-0.2, -0.15) is 0 Å². The fourth-order valence-electron chi connectivity index (χ4n) is 1.44. The minimum atomic E-state index is -0.388. The molecule has 0 aromatic heterocycles. The Morgan fingerprint density at radius 1 is 1.53 bits per heavy atom. The van der Waals surface area contributed by atoms with E-state index in [1.165, 1.54) is 6.07 Å². The smallest absolute Gasteiger partial charge is 0.258 e. The van der Waals surface area contributed by atoms with Crippen LogP contribution in [-0.2, 0) is 12.3 Å². The number of rotatable bonds is 4. The average molecular weight is 293 g/mol. The Morgan fingerprint density at radius 2 is 2.20 bits per heavy atom. The number of alkyl halides is 1. The second-order valence-electron chi connectivity index (χ2n) is 3.18. The molecule has 0 amide bonds. The molecule has 0 bridgehead atoms. The summed E-state index contributed by atoms with van der Waals surface area (Å²) in [5.41, 5.74) is 2.00. The van der Waals surface area contributed by atoms with Crippen LogP contribution in [0.25, 0.3) is 0 Å². The lowest BCUT2D eigenvalue weighted by Crippen LogP contribution is -1.98. The van der Waals surface area contributed by atoms with Gasteiger partial charge in [0.1, 0.15) is 0 Å². The molecule has 1 rings (SSSR count). The van der Waals surface area contributed by atoms with Crippen molar-refractivity contribution in [2.45, 2.75) is 25.6 Å². The molecule has 0 atom stereocenters. The fraction of sp³-hybridized carbons (Fsp3) is 0.400. The first-order valence-electron chi connectivity index (χ1n) is 4.62. The number of hydrogen-bond acceptors (Lipinski definition) is 2. The molecular weight excluding hydrogens is 281 g/mol.